The number of carbonyl (C=O) groups excluding carboxylic acids is 1. The third kappa shape index (κ3) is 3.46. The molecule has 0 saturated heterocycles. The number of nitrogens with one attached hydrogen (secondary N) is 1. The summed E-state index contributed by atoms with van der Waals surface area (Å²) in [5.74, 6) is 1.09. The number of para-hydroxylation sites is 1. The summed E-state index contributed by atoms with van der Waals surface area (Å²) in [5.41, 5.74) is 0.681. The van der Waals surface area contributed by atoms with Crippen molar-refractivity contribution in [1.82, 2.24) is 24.2 Å². The van der Waals surface area contributed by atoms with Gasteiger partial charge in [0.15, 0.2) is 0 Å². The topological polar surface area (TPSA) is 73.8 Å². The van der Waals surface area contributed by atoms with Crippen LogP contribution in [0.5, 0.6) is 0 Å². The first-order valence-corrected chi connectivity index (χ1v) is 8.85. The zero-order chi connectivity index (χ0) is 17.9. The minimum absolute atomic E-state index is 0.0841. The van der Waals surface area contributed by atoms with Crippen molar-refractivity contribution in [2.75, 3.05) is 6.54 Å². The molecule has 1 saturated carbocycles. The van der Waals surface area contributed by atoms with Gasteiger partial charge in [-0.15, -0.1) is 0 Å². The Morgan fingerprint density at radius 1 is 1.12 bits per heavy atom. The smallest absolute Gasteiger partial charge is 0.350 e. The molecule has 1 fully saturated rings. The molecule has 1 N–H and O–H groups in total. The van der Waals surface area contributed by atoms with Crippen LogP contribution >= 0.6 is 0 Å². The molecule has 0 aliphatic heterocycles. The van der Waals surface area contributed by atoms with E-state index in [1.54, 1.807) is 9.13 Å². The minimum atomic E-state index is -0.155. The highest BCUT2D eigenvalue weighted by Crippen LogP contribution is 2.39. The van der Waals surface area contributed by atoms with E-state index >= 15 is 0 Å². The van der Waals surface area contributed by atoms with Crippen LogP contribution in [0, 0.1) is 0 Å². The summed E-state index contributed by atoms with van der Waals surface area (Å²) in [4.78, 5) is 24.8. The van der Waals surface area contributed by atoms with Crippen molar-refractivity contribution in [1.29, 1.82) is 0 Å². The van der Waals surface area contributed by atoms with Crippen LogP contribution in [0.3, 0.4) is 0 Å². The Hall–Kier alpha value is -3.09. The zero-order valence-electron chi connectivity index (χ0n) is 14.4. The van der Waals surface area contributed by atoms with Gasteiger partial charge in [0, 0.05) is 24.9 Å². The minimum Gasteiger partial charge on any atom is -0.353 e. The molecule has 7 heteroatoms. The SMILES string of the molecule is O=C(Cn1cccc1)NCCn1nc(C2CC2)n(-c2ccccc2)c1=O. The average Bonchev–Trinajstić information content (AvgIpc) is 3.28. The third-order valence-electron chi connectivity index (χ3n) is 4.46. The van der Waals surface area contributed by atoms with E-state index in [0.29, 0.717) is 19.0 Å². The van der Waals surface area contributed by atoms with Gasteiger partial charge in [0.1, 0.15) is 12.4 Å². The molecule has 1 aliphatic carbocycles. The number of rotatable bonds is 7. The maximum atomic E-state index is 12.8. The van der Waals surface area contributed by atoms with Gasteiger partial charge in [-0.2, -0.15) is 5.10 Å². The van der Waals surface area contributed by atoms with Crippen molar-refractivity contribution in [3.05, 3.63) is 71.2 Å². The molecule has 1 aromatic carbocycles. The van der Waals surface area contributed by atoms with Gasteiger partial charge in [-0.1, -0.05) is 18.2 Å². The van der Waals surface area contributed by atoms with Crippen LogP contribution in [0.4, 0.5) is 0 Å². The van der Waals surface area contributed by atoms with Gasteiger partial charge in [-0.05, 0) is 37.1 Å². The van der Waals surface area contributed by atoms with Crippen LogP contribution in [0.1, 0.15) is 24.6 Å². The van der Waals surface area contributed by atoms with E-state index in [1.165, 1.54) is 4.68 Å². The van der Waals surface area contributed by atoms with Gasteiger partial charge in [0.05, 0.1) is 12.2 Å². The summed E-state index contributed by atoms with van der Waals surface area (Å²) in [7, 11) is 0. The number of aromatic nitrogens is 4. The van der Waals surface area contributed by atoms with Gasteiger partial charge in [-0.3, -0.25) is 4.79 Å². The zero-order valence-corrected chi connectivity index (χ0v) is 14.4. The van der Waals surface area contributed by atoms with Gasteiger partial charge < -0.3 is 9.88 Å². The first-order valence-electron chi connectivity index (χ1n) is 8.85. The molecule has 7 nitrogen and oxygen atoms in total. The largest absolute Gasteiger partial charge is 0.353 e. The first-order chi connectivity index (χ1) is 12.7. The third-order valence-corrected chi connectivity index (χ3v) is 4.46. The molecule has 3 aromatic rings. The van der Waals surface area contributed by atoms with Crippen molar-refractivity contribution in [3.63, 3.8) is 0 Å². The molecule has 0 atom stereocenters. The van der Waals surface area contributed by atoms with E-state index in [1.807, 2.05) is 54.9 Å². The van der Waals surface area contributed by atoms with Gasteiger partial charge in [0.25, 0.3) is 0 Å². The van der Waals surface area contributed by atoms with E-state index in [4.69, 9.17) is 0 Å². The number of hydrogen-bond donors (Lipinski definition) is 1. The number of benzene rings is 1. The van der Waals surface area contributed by atoms with Gasteiger partial charge in [-0.25, -0.2) is 14.0 Å². The van der Waals surface area contributed by atoms with Crippen molar-refractivity contribution in [3.8, 4) is 5.69 Å². The molecule has 0 bridgehead atoms. The predicted molar refractivity (Wildman–Crippen MR) is 97.2 cm³/mol. The van der Waals surface area contributed by atoms with Crippen LogP contribution < -0.4 is 11.0 Å². The molecule has 0 spiro atoms. The fraction of sp³-hybridized carbons (Fsp3) is 0.316. The van der Waals surface area contributed by atoms with E-state index in [0.717, 1.165) is 24.4 Å². The summed E-state index contributed by atoms with van der Waals surface area (Å²) >= 11 is 0. The maximum absolute atomic E-state index is 12.8. The number of carbonyl (C=O) groups is 1. The summed E-state index contributed by atoms with van der Waals surface area (Å²) in [6.07, 6.45) is 5.81. The summed E-state index contributed by atoms with van der Waals surface area (Å²) in [6.45, 7) is 0.999. The molecule has 0 radical (unpaired) electrons. The molecular formula is C19H21N5O2. The number of amides is 1. The van der Waals surface area contributed by atoms with E-state index in [2.05, 4.69) is 10.4 Å². The summed E-state index contributed by atoms with van der Waals surface area (Å²) in [6, 6.07) is 13.3. The van der Waals surface area contributed by atoms with Crippen LogP contribution in [-0.2, 0) is 17.9 Å². The molecule has 2 aromatic heterocycles. The van der Waals surface area contributed by atoms with Crippen LogP contribution in [-0.4, -0.2) is 31.4 Å². The lowest BCUT2D eigenvalue weighted by Crippen LogP contribution is -2.33. The predicted octanol–water partition coefficient (Wildman–Crippen LogP) is 1.53. The molecule has 4 rings (SSSR count). The van der Waals surface area contributed by atoms with Crippen molar-refractivity contribution >= 4 is 5.91 Å². The molecule has 1 amide bonds. The molecule has 2 heterocycles. The van der Waals surface area contributed by atoms with Crippen LogP contribution in [0.2, 0.25) is 0 Å². The quantitative estimate of drug-likeness (QED) is 0.701. The highest BCUT2D eigenvalue weighted by atomic mass is 16.2. The Balaban J connectivity index is 1.45. The van der Waals surface area contributed by atoms with Crippen LogP contribution in [0.15, 0.2) is 59.7 Å². The number of nitrogens with zero attached hydrogens (tertiary/aromatic N) is 4. The van der Waals surface area contributed by atoms with Crippen molar-refractivity contribution in [2.45, 2.75) is 31.8 Å². The average molecular weight is 351 g/mol. The fourth-order valence-electron chi connectivity index (χ4n) is 2.99. The van der Waals surface area contributed by atoms with Crippen molar-refractivity contribution in [2.24, 2.45) is 0 Å². The van der Waals surface area contributed by atoms with E-state index in [-0.39, 0.29) is 18.1 Å². The van der Waals surface area contributed by atoms with Gasteiger partial charge >= 0.3 is 5.69 Å². The van der Waals surface area contributed by atoms with Crippen molar-refractivity contribution < 1.29 is 4.79 Å². The molecule has 134 valence electrons. The normalized spacial score (nSPS) is 13.7. The molecular weight excluding hydrogens is 330 g/mol. The first kappa shape index (κ1) is 16.4. The highest BCUT2D eigenvalue weighted by molar-refractivity contribution is 5.75. The Morgan fingerprint density at radius 3 is 2.54 bits per heavy atom. The second-order valence-corrected chi connectivity index (χ2v) is 6.51. The Morgan fingerprint density at radius 2 is 1.85 bits per heavy atom. The molecule has 0 unspecified atom stereocenters. The molecule has 1 aliphatic rings. The lowest BCUT2D eigenvalue weighted by atomic mass is 10.3. The maximum Gasteiger partial charge on any atom is 0.350 e. The van der Waals surface area contributed by atoms with Crippen LogP contribution in [0.25, 0.3) is 5.69 Å². The number of hydrogen-bond acceptors (Lipinski definition) is 3. The lowest BCUT2D eigenvalue weighted by molar-refractivity contribution is -0.121. The van der Waals surface area contributed by atoms with E-state index in [9.17, 15) is 9.59 Å². The molecule has 26 heavy (non-hydrogen) atoms. The van der Waals surface area contributed by atoms with Gasteiger partial charge in [0.2, 0.25) is 5.91 Å². The Bertz CT molecular complexity index is 936. The Kier molecular flexibility index (Phi) is 4.43. The lowest BCUT2D eigenvalue weighted by Gasteiger charge is -2.05. The second-order valence-electron chi connectivity index (χ2n) is 6.51. The standard InChI is InChI=1S/C19H21N5O2/c25-17(14-22-11-4-5-12-22)20-10-13-23-19(26)24(16-6-2-1-3-7-16)18(21-23)15-8-9-15/h1-7,11-12,15H,8-10,13-14H2,(H,20,25). The summed E-state index contributed by atoms with van der Waals surface area (Å²) in [5, 5.41) is 7.37. The summed E-state index contributed by atoms with van der Waals surface area (Å²) < 4.78 is 4.95. The highest BCUT2D eigenvalue weighted by Gasteiger charge is 2.31. The monoisotopic (exact) mass is 351 g/mol. The fourth-order valence-corrected chi connectivity index (χ4v) is 2.99. The van der Waals surface area contributed by atoms with E-state index < -0.39 is 0 Å². The second kappa shape index (κ2) is 7.03. The Labute approximate surface area is 150 Å².